The number of rotatable bonds is 3. The van der Waals surface area contributed by atoms with Crippen LogP contribution in [0.4, 0.5) is 0 Å². The minimum absolute atomic E-state index is 0.597. The van der Waals surface area contributed by atoms with Gasteiger partial charge in [-0.1, -0.05) is 35.0 Å². The zero-order valence-electron chi connectivity index (χ0n) is 10.7. The van der Waals surface area contributed by atoms with E-state index in [2.05, 4.69) is 10.3 Å². The maximum Gasteiger partial charge on any atom is 0.133 e. The maximum atomic E-state index is 10.5. The van der Waals surface area contributed by atoms with E-state index in [9.17, 15) is 5.11 Å². The van der Waals surface area contributed by atoms with Crippen molar-refractivity contribution >= 4 is 22.9 Å². The molecule has 2 heterocycles. The molecular weight excluding hydrogens is 294 g/mol. The fraction of sp³-hybridized carbons (Fsp3) is 0.143. The van der Waals surface area contributed by atoms with E-state index in [-0.39, 0.29) is 0 Å². The lowest BCUT2D eigenvalue weighted by Crippen LogP contribution is -2.07. The second kappa shape index (κ2) is 5.36. The monoisotopic (exact) mass is 305 g/mol. The van der Waals surface area contributed by atoms with Gasteiger partial charge in [0.15, 0.2) is 0 Å². The smallest absolute Gasteiger partial charge is 0.133 e. The van der Waals surface area contributed by atoms with Gasteiger partial charge in [0.25, 0.3) is 0 Å². The summed E-state index contributed by atoms with van der Waals surface area (Å²) in [5.41, 5.74) is 2.41. The molecule has 102 valence electrons. The van der Waals surface area contributed by atoms with Crippen LogP contribution < -0.4 is 0 Å². The summed E-state index contributed by atoms with van der Waals surface area (Å²) in [4.78, 5) is 0.712. The third-order valence-electron chi connectivity index (χ3n) is 3.03. The largest absolute Gasteiger partial charge is 0.381 e. The van der Waals surface area contributed by atoms with Crippen molar-refractivity contribution in [1.29, 1.82) is 0 Å². The minimum atomic E-state index is -0.837. The lowest BCUT2D eigenvalue weighted by Gasteiger charge is -2.11. The normalized spacial score (nSPS) is 12.6. The van der Waals surface area contributed by atoms with Crippen molar-refractivity contribution in [3.63, 3.8) is 0 Å². The van der Waals surface area contributed by atoms with E-state index in [1.165, 1.54) is 11.3 Å². The molecule has 0 aliphatic carbocycles. The summed E-state index contributed by atoms with van der Waals surface area (Å²) in [6.07, 6.45) is 0.722. The van der Waals surface area contributed by atoms with Gasteiger partial charge in [0, 0.05) is 0 Å². The molecule has 0 fully saturated rings. The summed E-state index contributed by atoms with van der Waals surface area (Å²) in [5, 5.41) is 21.0. The lowest BCUT2D eigenvalue weighted by atomic mass is 10.2. The molecule has 1 aromatic carbocycles. The molecule has 0 saturated carbocycles. The van der Waals surface area contributed by atoms with Crippen LogP contribution in [0.15, 0.2) is 41.9 Å². The van der Waals surface area contributed by atoms with E-state index in [4.69, 9.17) is 11.6 Å². The van der Waals surface area contributed by atoms with Crippen LogP contribution in [0.3, 0.4) is 0 Å². The van der Waals surface area contributed by atoms with Gasteiger partial charge >= 0.3 is 0 Å². The molecule has 20 heavy (non-hydrogen) atoms. The second-order valence-electron chi connectivity index (χ2n) is 4.41. The summed E-state index contributed by atoms with van der Waals surface area (Å²) < 4.78 is 1.62. The summed E-state index contributed by atoms with van der Waals surface area (Å²) in [6.45, 7) is 1.92. The van der Waals surface area contributed by atoms with Gasteiger partial charge in [0.2, 0.25) is 0 Å². The first-order valence-electron chi connectivity index (χ1n) is 6.06. The van der Waals surface area contributed by atoms with Crippen LogP contribution in [0.25, 0.3) is 5.69 Å². The third kappa shape index (κ3) is 2.24. The molecule has 3 rings (SSSR count). The van der Waals surface area contributed by atoms with Gasteiger partial charge in [0.1, 0.15) is 6.10 Å². The topological polar surface area (TPSA) is 50.9 Å². The SMILES string of the molecule is Cc1csc(C(O)c2cnnn2-c2ccccc2)c1Cl. The van der Waals surface area contributed by atoms with Crippen molar-refractivity contribution in [2.24, 2.45) is 0 Å². The van der Waals surface area contributed by atoms with Crippen LogP contribution in [-0.2, 0) is 0 Å². The molecule has 4 nitrogen and oxygen atoms in total. The Balaban J connectivity index is 2.04. The predicted molar refractivity (Wildman–Crippen MR) is 79.5 cm³/mol. The number of thiophene rings is 1. The number of hydrogen-bond acceptors (Lipinski definition) is 4. The van der Waals surface area contributed by atoms with Gasteiger partial charge < -0.3 is 5.11 Å². The highest BCUT2D eigenvalue weighted by Gasteiger charge is 2.22. The van der Waals surface area contributed by atoms with Crippen molar-refractivity contribution in [3.8, 4) is 5.69 Å². The summed E-state index contributed by atoms with van der Waals surface area (Å²) in [6, 6.07) is 9.57. The van der Waals surface area contributed by atoms with E-state index < -0.39 is 6.10 Å². The number of aliphatic hydroxyl groups excluding tert-OH is 1. The van der Waals surface area contributed by atoms with Crippen molar-refractivity contribution < 1.29 is 5.11 Å². The van der Waals surface area contributed by atoms with Crippen molar-refractivity contribution in [2.75, 3.05) is 0 Å². The molecule has 2 aromatic heterocycles. The standard InChI is InChI=1S/C14H12ClN3OS/c1-9-8-20-14(12(9)15)13(19)11-7-16-17-18(11)10-5-3-2-4-6-10/h2-8,13,19H,1H3. The Bertz CT molecular complexity index is 723. The number of benzene rings is 1. The Labute approximate surface area is 125 Å². The number of aromatic nitrogens is 3. The van der Waals surface area contributed by atoms with Crippen molar-refractivity contribution in [3.05, 3.63) is 63.1 Å². The van der Waals surface area contributed by atoms with E-state index in [1.54, 1.807) is 10.9 Å². The van der Waals surface area contributed by atoms with Gasteiger partial charge in [-0.3, -0.25) is 0 Å². The van der Waals surface area contributed by atoms with E-state index in [0.29, 0.717) is 15.6 Å². The molecule has 0 saturated heterocycles. The van der Waals surface area contributed by atoms with Gasteiger partial charge in [-0.25, -0.2) is 4.68 Å². The van der Waals surface area contributed by atoms with Gasteiger partial charge in [-0.15, -0.1) is 16.4 Å². The van der Waals surface area contributed by atoms with E-state index >= 15 is 0 Å². The molecule has 1 N–H and O–H groups in total. The van der Waals surface area contributed by atoms with Gasteiger partial charge in [-0.2, -0.15) is 0 Å². The highest BCUT2D eigenvalue weighted by atomic mass is 35.5. The Kier molecular flexibility index (Phi) is 3.56. The highest BCUT2D eigenvalue weighted by Crippen LogP contribution is 2.35. The van der Waals surface area contributed by atoms with Crippen molar-refractivity contribution in [1.82, 2.24) is 15.0 Å². The minimum Gasteiger partial charge on any atom is -0.381 e. The molecule has 0 spiro atoms. The first-order valence-corrected chi connectivity index (χ1v) is 7.32. The van der Waals surface area contributed by atoms with Crippen molar-refractivity contribution in [2.45, 2.75) is 13.0 Å². The summed E-state index contributed by atoms with van der Waals surface area (Å²) in [7, 11) is 0. The van der Waals surface area contributed by atoms with Gasteiger partial charge in [0.05, 0.1) is 27.5 Å². The first-order chi connectivity index (χ1) is 9.68. The molecule has 1 atom stereocenters. The van der Waals surface area contributed by atoms with Crippen LogP contribution >= 0.6 is 22.9 Å². The van der Waals surface area contributed by atoms with E-state index in [1.807, 2.05) is 42.6 Å². The van der Waals surface area contributed by atoms with Crippen LogP contribution in [0.2, 0.25) is 5.02 Å². The molecule has 0 aliphatic rings. The highest BCUT2D eigenvalue weighted by molar-refractivity contribution is 7.10. The molecule has 3 aromatic rings. The molecular formula is C14H12ClN3OS. The molecule has 1 unspecified atom stereocenters. The zero-order chi connectivity index (χ0) is 14.1. The molecule has 6 heteroatoms. The average Bonchev–Trinajstić information content (AvgIpc) is 3.08. The Morgan fingerprint density at radius 2 is 2.05 bits per heavy atom. The van der Waals surface area contributed by atoms with Crippen LogP contribution in [0.1, 0.15) is 22.2 Å². The first kappa shape index (κ1) is 13.3. The quantitative estimate of drug-likeness (QED) is 0.807. The van der Waals surface area contributed by atoms with E-state index in [0.717, 1.165) is 11.3 Å². The Morgan fingerprint density at radius 1 is 1.30 bits per heavy atom. The number of nitrogens with zero attached hydrogens (tertiary/aromatic N) is 3. The van der Waals surface area contributed by atoms with Crippen LogP contribution in [0, 0.1) is 6.92 Å². The fourth-order valence-corrected chi connectivity index (χ4v) is 3.26. The number of hydrogen-bond donors (Lipinski definition) is 1. The fourth-order valence-electron chi connectivity index (χ4n) is 1.97. The number of aryl methyl sites for hydroxylation is 1. The Hall–Kier alpha value is -1.69. The number of halogens is 1. The molecule has 0 amide bonds. The van der Waals surface area contributed by atoms with Crippen LogP contribution in [-0.4, -0.2) is 20.1 Å². The Morgan fingerprint density at radius 3 is 2.70 bits per heavy atom. The number of para-hydroxylation sites is 1. The summed E-state index contributed by atoms with van der Waals surface area (Å²) in [5.74, 6) is 0. The molecule has 0 radical (unpaired) electrons. The maximum absolute atomic E-state index is 10.5. The molecule has 0 aliphatic heterocycles. The third-order valence-corrected chi connectivity index (χ3v) is 4.80. The zero-order valence-corrected chi connectivity index (χ0v) is 12.3. The second-order valence-corrected chi connectivity index (χ2v) is 5.69. The molecule has 0 bridgehead atoms. The van der Waals surface area contributed by atoms with Crippen LogP contribution in [0.5, 0.6) is 0 Å². The predicted octanol–water partition coefficient (Wildman–Crippen LogP) is 3.37. The average molecular weight is 306 g/mol. The number of aliphatic hydroxyl groups is 1. The summed E-state index contributed by atoms with van der Waals surface area (Å²) >= 11 is 7.65. The lowest BCUT2D eigenvalue weighted by molar-refractivity contribution is 0.216. The van der Waals surface area contributed by atoms with Gasteiger partial charge in [-0.05, 0) is 30.0 Å².